The zero-order valence-corrected chi connectivity index (χ0v) is 17.5. The summed E-state index contributed by atoms with van der Waals surface area (Å²) in [6.07, 6.45) is 2.30. The third-order valence-corrected chi connectivity index (χ3v) is 5.76. The summed E-state index contributed by atoms with van der Waals surface area (Å²) in [6, 6.07) is 23.2. The summed E-state index contributed by atoms with van der Waals surface area (Å²) in [4.78, 5) is 26.9. The molecule has 0 N–H and O–H groups in total. The van der Waals surface area contributed by atoms with Gasteiger partial charge in [-0.2, -0.15) is 0 Å². The standard InChI is InChI=1S/C25H20FNO3S/c26-21-12-10-19(11-13-21)17-30-22-9-5-4-8-20(22)16-23-24(28)27(25(29)31-23)15-14-18-6-2-1-3-7-18/h1-13,16H,14-15,17H2/b23-16-. The van der Waals surface area contributed by atoms with Crippen LogP contribution in [-0.4, -0.2) is 22.6 Å². The summed E-state index contributed by atoms with van der Waals surface area (Å²) in [5.41, 5.74) is 2.61. The molecule has 0 radical (unpaired) electrons. The first-order valence-electron chi connectivity index (χ1n) is 9.86. The number of nitrogens with zero attached hydrogens (tertiary/aromatic N) is 1. The number of imide groups is 1. The number of halogens is 1. The number of carbonyl (C=O) groups excluding carboxylic acids is 2. The molecule has 0 saturated carbocycles. The Morgan fingerprint density at radius 1 is 0.871 bits per heavy atom. The zero-order chi connectivity index (χ0) is 21.6. The lowest BCUT2D eigenvalue weighted by Gasteiger charge is -2.12. The highest BCUT2D eigenvalue weighted by Crippen LogP contribution is 2.34. The van der Waals surface area contributed by atoms with Gasteiger partial charge < -0.3 is 4.74 Å². The van der Waals surface area contributed by atoms with Crippen molar-refractivity contribution >= 4 is 29.0 Å². The van der Waals surface area contributed by atoms with Crippen LogP contribution in [0.2, 0.25) is 0 Å². The van der Waals surface area contributed by atoms with Gasteiger partial charge in [-0.3, -0.25) is 14.5 Å². The summed E-state index contributed by atoms with van der Waals surface area (Å²) >= 11 is 0.938. The summed E-state index contributed by atoms with van der Waals surface area (Å²) < 4.78 is 19.0. The van der Waals surface area contributed by atoms with Crippen LogP contribution in [-0.2, 0) is 17.8 Å². The van der Waals surface area contributed by atoms with Crippen molar-refractivity contribution in [2.45, 2.75) is 13.0 Å². The van der Waals surface area contributed by atoms with Crippen LogP contribution in [0.25, 0.3) is 6.08 Å². The molecule has 156 valence electrons. The van der Waals surface area contributed by atoms with E-state index in [2.05, 4.69) is 0 Å². The fraction of sp³-hybridized carbons (Fsp3) is 0.120. The van der Waals surface area contributed by atoms with Crippen LogP contribution >= 0.6 is 11.8 Å². The minimum Gasteiger partial charge on any atom is -0.488 e. The fourth-order valence-corrected chi connectivity index (χ4v) is 4.05. The zero-order valence-electron chi connectivity index (χ0n) is 16.7. The molecule has 1 aliphatic rings. The number of rotatable bonds is 7. The van der Waals surface area contributed by atoms with Gasteiger partial charge in [-0.15, -0.1) is 0 Å². The predicted molar refractivity (Wildman–Crippen MR) is 120 cm³/mol. The average Bonchev–Trinajstić information content (AvgIpc) is 3.06. The van der Waals surface area contributed by atoms with E-state index >= 15 is 0 Å². The number of ether oxygens (including phenoxy) is 1. The second-order valence-corrected chi connectivity index (χ2v) is 8.02. The van der Waals surface area contributed by atoms with Crippen molar-refractivity contribution in [2.75, 3.05) is 6.54 Å². The van der Waals surface area contributed by atoms with E-state index in [-0.39, 0.29) is 23.6 Å². The molecule has 1 heterocycles. The second kappa shape index (κ2) is 9.62. The molecule has 0 aliphatic carbocycles. The number of amides is 2. The first-order chi connectivity index (χ1) is 15.1. The van der Waals surface area contributed by atoms with E-state index in [0.717, 1.165) is 22.9 Å². The highest BCUT2D eigenvalue weighted by Gasteiger charge is 2.34. The van der Waals surface area contributed by atoms with Gasteiger partial charge in [-0.05, 0) is 53.6 Å². The summed E-state index contributed by atoms with van der Waals surface area (Å²) in [7, 11) is 0. The van der Waals surface area contributed by atoms with Crippen LogP contribution in [0.4, 0.5) is 9.18 Å². The molecule has 1 saturated heterocycles. The van der Waals surface area contributed by atoms with Gasteiger partial charge in [0.25, 0.3) is 11.1 Å². The van der Waals surface area contributed by atoms with Gasteiger partial charge in [-0.1, -0.05) is 60.7 Å². The number of thioether (sulfide) groups is 1. The molecule has 1 fully saturated rings. The molecule has 4 nitrogen and oxygen atoms in total. The van der Waals surface area contributed by atoms with Gasteiger partial charge in [0, 0.05) is 12.1 Å². The molecule has 4 rings (SSSR count). The SMILES string of the molecule is O=C1S/C(=C\c2ccccc2OCc2ccc(F)cc2)C(=O)N1CCc1ccccc1. The van der Waals surface area contributed by atoms with Gasteiger partial charge in [0.05, 0.1) is 4.91 Å². The minimum absolute atomic E-state index is 0.267. The average molecular weight is 434 g/mol. The van der Waals surface area contributed by atoms with Gasteiger partial charge in [0.15, 0.2) is 0 Å². The van der Waals surface area contributed by atoms with Crippen molar-refractivity contribution in [3.05, 3.63) is 106 Å². The van der Waals surface area contributed by atoms with E-state index in [0.29, 0.717) is 29.2 Å². The molecule has 0 unspecified atom stereocenters. The lowest BCUT2D eigenvalue weighted by atomic mass is 10.1. The number of para-hydroxylation sites is 1. The van der Waals surface area contributed by atoms with Gasteiger partial charge in [0.2, 0.25) is 0 Å². The normalized spacial score (nSPS) is 15.0. The van der Waals surface area contributed by atoms with Crippen LogP contribution < -0.4 is 4.74 Å². The first-order valence-corrected chi connectivity index (χ1v) is 10.7. The molecule has 0 atom stereocenters. The van der Waals surface area contributed by atoms with Crippen molar-refractivity contribution in [3.8, 4) is 5.75 Å². The third kappa shape index (κ3) is 5.22. The Labute approximate surface area is 184 Å². The van der Waals surface area contributed by atoms with E-state index in [1.165, 1.54) is 17.0 Å². The molecule has 3 aromatic carbocycles. The first kappa shape index (κ1) is 20.9. The van der Waals surface area contributed by atoms with Gasteiger partial charge in [-0.25, -0.2) is 4.39 Å². The maximum atomic E-state index is 13.1. The molecule has 31 heavy (non-hydrogen) atoms. The Morgan fingerprint density at radius 3 is 2.35 bits per heavy atom. The van der Waals surface area contributed by atoms with Gasteiger partial charge in [0.1, 0.15) is 18.2 Å². The molecule has 0 bridgehead atoms. The second-order valence-electron chi connectivity index (χ2n) is 7.02. The molecule has 0 aromatic heterocycles. The highest BCUT2D eigenvalue weighted by molar-refractivity contribution is 8.18. The summed E-state index contributed by atoms with van der Waals surface area (Å²) in [5.74, 6) is -0.00526. The van der Waals surface area contributed by atoms with E-state index < -0.39 is 0 Å². The Morgan fingerprint density at radius 2 is 1.58 bits per heavy atom. The third-order valence-electron chi connectivity index (χ3n) is 4.85. The summed E-state index contributed by atoms with van der Waals surface area (Å²) in [5, 5.41) is -0.267. The van der Waals surface area contributed by atoms with Crippen LogP contribution in [0.15, 0.2) is 83.8 Å². The molecule has 3 aromatic rings. The van der Waals surface area contributed by atoms with Gasteiger partial charge >= 0.3 is 0 Å². The van der Waals surface area contributed by atoms with E-state index in [1.807, 2.05) is 48.5 Å². The van der Waals surface area contributed by atoms with Crippen LogP contribution in [0.3, 0.4) is 0 Å². The monoisotopic (exact) mass is 433 g/mol. The Bertz CT molecular complexity index is 1110. The minimum atomic E-state index is -0.299. The Kier molecular flexibility index (Phi) is 6.48. The van der Waals surface area contributed by atoms with Crippen LogP contribution in [0, 0.1) is 5.82 Å². The van der Waals surface area contributed by atoms with E-state index in [4.69, 9.17) is 4.74 Å². The number of benzene rings is 3. The van der Waals surface area contributed by atoms with Crippen LogP contribution in [0.1, 0.15) is 16.7 Å². The predicted octanol–water partition coefficient (Wildman–Crippen LogP) is 5.68. The highest BCUT2D eigenvalue weighted by atomic mass is 32.2. The number of hydrogen-bond acceptors (Lipinski definition) is 4. The summed E-state index contributed by atoms with van der Waals surface area (Å²) in [6.45, 7) is 0.610. The quantitative estimate of drug-likeness (QED) is 0.450. The molecular formula is C25H20FNO3S. The lowest BCUT2D eigenvalue weighted by molar-refractivity contribution is -0.122. The molecule has 1 aliphatic heterocycles. The number of hydrogen-bond donors (Lipinski definition) is 0. The number of carbonyl (C=O) groups is 2. The van der Waals surface area contributed by atoms with E-state index in [9.17, 15) is 14.0 Å². The Balaban J connectivity index is 1.46. The van der Waals surface area contributed by atoms with Crippen molar-refractivity contribution in [1.82, 2.24) is 4.90 Å². The fourth-order valence-electron chi connectivity index (χ4n) is 3.19. The topological polar surface area (TPSA) is 46.6 Å². The lowest BCUT2D eigenvalue weighted by Crippen LogP contribution is -2.30. The molecule has 0 spiro atoms. The van der Waals surface area contributed by atoms with Crippen molar-refractivity contribution in [3.63, 3.8) is 0 Å². The maximum absolute atomic E-state index is 13.1. The molecule has 2 amide bonds. The maximum Gasteiger partial charge on any atom is 0.293 e. The van der Waals surface area contributed by atoms with Crippen molar-refractivity contribution in [2.24, 2.45) is 0 Å². The van der Waals surface area contributed by atoms with Crippen LogP contribution in [0.5, 0.6) is 5.75 Å². The Hall–Kier alpha value is -3.38. The van der Waals surface area contributed by atoms with Crippen molar-refractivity contribution < 1.29 is 18.7 Å². The van der Waals surface area contributed by atoms with Crippen molar-refractivity contribution in [1.29, 1.82) is 0 Å². The molecule has 6 heteroatoms. The van der Waals surface area contributed by atoms with E-state index in [1.54, 1.807) is 24.3 Å². The smallest absolute Gasteiger partial charge is 0.293 e. The molecular weight excluding hydrogens is 413 g/mol. The largest absolute Gasteiger partial charge is 0.488 e.